The molecule has 0 atom stereocenters. The summed E-state index contributed by atoms with van der Waals surface area (Å²) in [5, 5.41) is 7.39. The van der Waals surface area contributed by atoms with Gasteiger partial charge in [0.15, 0.2) is 11.7 Å². The second-order valence-corrected chi connectivity index (χ2v) is 5.33. The van der Waals surface area contributed by atoms with E-state index in [2.05, 4.69) is 20.6 Å². The molecule has 2 aromatic rings. The van der Waals surface area contributed by atoms with Crippen molar-refractivity contribution in [3.63, 3.8) is 0 Å². The summed E-state index contributed by atoms with van der Waals surface area (Å²) in [4.78, 5) is 7.58. The van der Waals surface area contributed by atoms with Gasteiger partial charge in [-0.2, -0.15) is 13.2 Å². The number of rotatable bonds is 4. The molecule has 0 amide bonds. The molecule has 0 bridgehead atoms. The van der Waals surface area contributed by atoms with Crippen molar-refractivity contribution in [2.45, 2.75) is 19.3 Å². The first-order chi connectivity index (χ1) is 10.5. The number of aliphatic imine (C=N–C) groups is 1. The summed E-state index contributed by atoms with van der Waals surface area (Å²) in [6.07, 6.45) is -4.40. The van der Waals surface area contributed by atoms with E-state index in [1.54, 1.807) is 7.05 Å². The van der Waals surface area contributed by atoms with Crippen LogP contribution in [0.2, 0.25) is 0 Å². The molecule has 9 heteroatoms. The van der Waals surface area contributed by atoms with E-state index >= 15 is 0 Å². The zero-order valence-corrected chi connectivity index (χ0v) is 15.4. The Hall–Kier alpha value is -1.36. The highest BCUT2D eigenvalue weighted by molar-refractivity contribution is 14.0. The third-order valence-corrected chi connectivity index (χ3v) is 3.62. The van der Waals surface area contributed by atoms with Crippen LogP contribution < -0.4 is 10.6 Å². The molecule has 1 aromatic heterocycles. The number of hydrogen-bond donors (Lipinski definition) is 2. The normalized spacial score (nSPS) is 11.7. The largest absolute Gasteiger partial charge is 0.434 e. The number of guanidine groups is 1. The van der Waals surface area contributed by atoms with Crippen LogP contribution in [0.1, 0.15) is 16.3 Å². The number of alkyl halides is 3. The van der Waals surface area contributed by atoms with Gasteiger partial charge in [-0.3, -0.25) is 4.99 Å². The number of nitrogens with one attached hydrogen (secondary N) is 2. The van der Waals surface area contributed by atoms with Gasteiger partial charge in [0, 0.05) is 19.0 Å². The lowest BCUT2D eigenvalue weighted by Crippen LogP contribution is -2.36. The second kappa shape index (κ2) is 9.06. The molecule has 0 spiro atoms. The number of hydrogen-bond acceptors (Lipinski definition) is 3. The summed E-state index contributed by atoms with van der Waals surface area (Å²) in [6, 6.07) is 9.73. The maximum absolute atomic E-state index is 12.5. The third-order valence-electron chi connectivity index (χ3n) is 2.78. The first kappa shape index (κ1) is 19.7. The molecular weight excluding hydrogens is 440 g/mol. The minimum absolute atomic E-state index is 0. The molecular formula is C14H16F3IN4S. The van der Waals surface area contributed by atoms with Crippen molar-refractivity contribution in [1.29, 1.82) is 0 Å². The van der Waals surface area contributed by atoms with E-state index in [1.165, 1.54) is 0 Å². The Labute approximate surface area is 153 Å². The molecule has 4 nitrogen and oxygen atoms in total. The Morgan fingerprint density at radius 2 is 1.83 bits per heavy atom. The Morgan fingerprint density at radius 1 is 1.17 bits per heavy atom. The number of benzene rings is 1. The zero-order valence-electron chi connectivity index (χ0n) is 12.2. The predicted octanol–water partition coefficient (Wildman–Crippen LogP) is 3.65. The van der Waals surface area contributed by atoms with Crippen LogP contribution in [0.15, 0.2) is 40.7 Å². The van der Waals surface area contributed by atoms with Crippen molar-refractivity contribution in [3.05, 3.63) is 52.0 Å². The minimum Gasteiger partial charge on any atom is -0.352 e. The fourth-order valence-electron chi connectivity index (χ4n) is 1.68. The van der Waals surface area contributed by atoms with Gasteiger partial charge in [-0.25, -0.2) is 4.98 Å². The van der Waals surface area contributed by atoms with Crippen LogP contribution in [-0.4, -0.2) is 18.0 Å². The molecule has 0 saturated carbocycles. The third kappa shape index (κ3) is 6.34. The lowest BCUT2D eigenvalue weighted by molar-refractivity contribution is -0.140. The fourth-order valence-corrected chi connectivity index (χ4v) is 2.42. The lowest BCUT2D eigenvalue weighted by Gasteiger charge is -2.10. The molecule has 0 aliphatic carbocycles. The zero-order chi connectivity index (χ0) is 16.0. The van der Waals surface area contributed by atoms with Gasteiger partial charge in [-0.1, -0.05) is 30.3 Å². The highest BCUT2D eigenvalue weighted by atomic mass is 127. The number of thiazole rings is 1. The molecule has 1 aromatic carbocycles. The van der Waals surface area contributed by atoms with E-state index in [0.29, 0.717) is 17.5 Å². The quantitative estimate of drug-likeness (QED) is 0.420. The smallest absolute Gasteiger partial charge is 0.352 e. The summed E-state index contributed by atoms with van der Waals surface area (Å²) >= 11 is 0.967. The van der Waals surface area contributed by atoms with Crippen LogP contribution in [0, 0.1) is 0 Å². The van der Waals surface area contributed by atoms with Gasteiger partial charge in [0.25, 0.3) is 0 Å². The van der Waals surface area contributed by atoms with Crippen molar-refractivity contribution in [3.8, 4) is 0 Å². The molecule has 0 aliphatic heterocycles. The van der Waals surface area contributed by atoms with Gasteiger partial charge in [-0.15, -0.1) is 35.3 Å². The Kier molecular flexibility index (Phi) is 7.76. The van der Waals surface area contributed by atoms with Crippen molar-refractivity contribution in [1.82, 2.24) is 15.6 Å². The van der Waals surface area contributed by atoms with E-state index < -0.39 is 11.9 Å². The standard InChI is InChI=1S/C14H15F3N4S.HI/c1-18-13(19-7-10-5-3-2-4-6-10)20-8-12-21-11(9-22-12)14(15,16)17;/h2-6,9H,7-8H2,1H3,(H2,18,19,20);1H. The van der Waals surface area contributed by atoms with Crippen molar-refractivity contribution in [2.75, 3.05) is 7.05 Å². The van der Waals surface area contributed by atoms with Crippen molar-refractivity contribution < 1.29 is 13.2 Å². The van der Waals surface area contributed by atoms with Gasteiger partial charge >= 0.3 is 6.18 Å². The summed E-state index contributed by atoms with van der Waals surface area (Å²) < 4.78 is 37.4. The average molecular weight is 456 g/mol. The minimum atomic E-state index is -4.40. The van der Waals surface area contributed by atoms with E-state index in [9.17, 15) is 13.2 Å². The maximum Gasteiger partial charge on any atom is 0.434 e. The summed E-state index contributed by atoms with van der Waals surface area (Å²) in [5.74, 6) is 0.507. The molecule has 0 radical (unpaired) electrons. The van der Waals surface area contributed by atoms with Gasteiger partial charge in [0.05, 0.1) is 6.54 Å². The molecule has 1 heterocycles. The van der Waals surface area contributed by atoms with Crippen LogP contribution in [0.3, 0.4) is 0 Å². The van der Waals surface area contributed by atoms with Crippen LogP contribution in [0.25, 0.3) is 0 Å². The van der Waals surface area contributed by atoms with Gasteiger partial charge in [0.1, 0.15) is 5.01 Å². The molecule has 23 heavy (non-hydrogen) atoms. The van der Waals surface area contributed by atoms with Crippen LogP contribution in [0.4, 0.5) is 13.2 Å². The van der Waals surface area contributed by atoms with E-state index in [1.807, 2.05) is 30.3 Å². The van der Waals surface area contributed by atoms with Crippen LogP contribution >= 0.6 is 35.3 Å². The first-order valence-electron chi connectivity index (χ1n) is 6.49. The highest BCUT2D eigenvalue weighted by Crippen LogP contribution is 2.29. The SMILES string of the molecule is CN=C(NCc1ccccc1)NCc1nc(C(F)(F)F)cs1.I. The fraction of sp³-hybridized carbons (Fsp3) is 0.286. The van der Waals surface area contributed by atoms with E-state index in [4.69, 9.17) is 0 Å². The van der Waals surface area contributed by atoms with Crippen LogP contribution in [-0.2, 0) is 19.3 Å². The Morgan fingerprint density at radius 3 is 2.39 bits per heavy atom. The lowest BCUT2D eigenvalue weighted by atomic mass is 10.2. The van der Waals surface area contributed by atoms with E-state index in [0.717, 1.165) is 22.3 Å². The number of aromatic nitrogens is 1. The first-order valence-corrected chi connectivity index (χ1v) is 7.37. The topological polar surface area (TPSA) is 49.3 Å². The number of nitrogens with zero attached hydrogens (tertiary/aromatic N) is 2. The van der Waals surface area contributed by atoms with Crippen LogP contribution in [0.5, 0.6) is 0 Å². The Balaban J connectivity index is 0.00000264. The molecule has 2 N–H and O–H groups in total. The second-order valence-electron chi connectivity index (χ2n) is 4.39. The molecule has 0 aliphatic rings. The molecule has 0 unspecified atom stereocenters. The molecule has 0 saturated heterocycles. The monoisotopic (exact) mass is 456 g/mol. The number of halogens is 4. The molecule has 0 fully saturated rings. The predicted molar refractivity (Wildman–Crippen MR) is 96.0 cm³/mol. The maximum atomic E-state index is 12.5. The average Bonchev–Trinajstić information content (AvgIpc) is 2.97. The van der Waals surface area contributed by atoms with Gasteiger partial charge in [-0.05, 0) is 5.56 Å². The molecule has 126 valence electrons. The van der Waals surface area contributed by atoms with Gasteiger partial charge < -0.3 is 10.6 Å². The Bertz CT molecular complexity index is 628. The van der Waals surface area contributed by atoms with Crippen molar-refractivity contribution >= 4 is 41.3 Å². The summed E-state index contributed by atoms with van der Waals surface area (Å²) in [6.45, 7) is 0.765. The highest BCUT2D eigenvalue weighted by Gasteiger charge is 2.33. The van der Waals surface area contributed by atoms with Crippen molar-refractivity contribution in [2.24, 2.45) is 4.99 Å². The summed E-state index contributed by atoms with van der Waals surface area (Å²) in [5.41, 5.74) is 0.223. The van der Waals surface area contributed by atoms with Gasteiger partial charge in [0.2, 0.25) is 0 Å². The van der Waals surface area contributed by atoms with E-state index in [-0.39, 0.29) is 30.5 Å². The molecule has 2 rings (SSSR count). The summed E-state index contributed by atoms with van der Waals surface area (Å²) in [7, 11) is 1.60.